The van der Waals surface area contributed by atoms with Crippen molar-refractivity contribution in [1.29, 1.82) is 5.26 Å². The molecule has 13 heavy (non-hydrogen) atoms. The van der Waals surface area contributed by atoms with E-state index in [4.69, 9.17) is 21.6 Å². The van der Waals surface area contributed by atoms with Crippen LogP contribution in [0, 0.1) is 17.2 Å². The summed E-state index contributed by atoms with van der Waals surface area (Å²) in [7, 11) is 0. The molecule has 0 amide bonds. The number of ether oxygens (including phenoxy) is 1. The van der Waals surface area contributed by atoms with Gasteiger partial charge in [0, 0.05) is 25.5 Å². The monoisotopic (exact) mass is 202 g/mol. The van der Waals surface area contributed by atoms with Gasteiger partial charge in [0.2, 0.25) is 0 Å². The molecule has 1 aliphatic heterocycles. The molecule has 0 bridgehead atoms. The fourth-order valence-corrected chi connectivity index (χ4v) is 1.53. The van der Waals surface area contributed by atoms with E-state index in [0.717, 1.165) is 19.6 Å². The number of nitrogens with zero attached hydrogens (tertiary/aromatic N) is 2. The van der Waals surface area contributed by atoms with Gasteiger partial charge in [-0.05, 0) is 5.92 Å². The van der Waals surface area contributed by atoms with Crippen LogP contribution in [0.5, 0.6) is 0 Å². The predicted octanol–water partition coefficient (Wildman–Crippen LogP) is 1.09. The predicted molar refractivity (Wildman–Crippen MR) is 51.7 cm³/mol. The van der Waals surface area contributed by atoms with Gasteiger partial charge in [-0.2, -0.15) is 5.26 Å². The molecule has 3 nitrogen and oxygen atoms in total. The minimum absolute atomic E-state index is 0.253. The van der Waals surface area contributed by atoms with E-state index in [9.17, 15) is 0 Å². The molecule has 2 unspecified atom stereocenters. The molecule has 1 heterocycles. The van der Waals surface area contributed by atoms with Crippen molar-refractivity contribution in [2.75, 3.05) is 32.1 Å². The zero-order valence-electron chi connectivity index (χ0n) is 7.87. The Morgan fingerprint density at radius 2 is 2.54 bits per heavy atom. The SMILES string of the molecule is CC(CCl)CN1CCOC(C#N)C1. The van der Waals surface area contributed by atoms with Crippen LogP contribution in [0.25, 0.3) is 0 Å². The number of hydrogen-bond donors (Lipinski definition) is 0. The average Bonchev–Trinajstić information content (AvgIpc) is 2.18. The van der Waals surface area contributed by atoms with Crippen molar-refractivity contribution >= 4 is 11.6 Å². The summed E-state index contributed by atoms with van der Waals surface area (Å²) in [6, 6.07) is 2.13. The number of halogens is 1. The van der Waals surface area contributed by atoms with Gasteiger partial charge in [-0.1, -0.05) is 6.92 Å². The van der Waals surface area contributed by atoms with Crippen LogP contribution in [-0.2, 0) is 4.74 Å². The molecule has 0 saturated carbocycles. The molecule has 1 rings (SSSR count). The van der Waals surface area contributed by atoms with E-state index < -0.39 is 0 Å². The minimum Gasteiger partial charge on any atom is -0.361 e. The standard InChI is InChI=1S/C9H15ClN2O/c1-8(4-10)6-12-2-3-13-9(5-11)7-12/h8-9H,2-4,6-7H2,1H3. The van der Waals surface area contributed by atoms with E-state index in [2.05, 4.69) is 17.9 Å². The highest BCUT2D eigenvalue weighted by Crippen LogP contribution is 2.08. The molecule has 0 aliphatic carbocycles. The molecule has 0 N–H and O–H groups in total. The van der Waals surface area contributed by atoms with Gasteiger partial charge in [0.15, 0.2) is 6.10 Å². The van der Waals surface area contributed by atoms with Gasteiger partial charge in [0.1, 0.15) is 0 Å². The zero-order chi connectivity index (χ0) is 9.68. The smallest absolute Gasteiger partial charge is 0.156 e. The Morgan fingerprint density at radius 3 is 3.15 bits per heavy atom. The summed E-state index contributed by atoms with van der Waals surface area (Å²) < 4.78 is 5.24. The van der Waals surface area contributed by atoms with E-state index in [1.807, 2.05) is 0 Å². The summed E-state index contributed by atoms with van der Waals surface area (Å²) in [5.41, 5.74) is 0. The minimum atomic E-state index is -0.253. The molecule has 1 fully saturated rings. The van der Waals surface area contributed by atoms with Gasteiger partial charge in [-0.15, -0.1) is 11.6 Å². The number of hydrogen-bond acceptors (Lipinski definition) is 3. The molecule has 0 spiro atoms. The van der Waals surface area contributed by atoms with Crippen LogP contribution in [0.2, 0.25) is 0 Å². The molecular formula is C9H15ClN2O. The highest BCUT2D eigenvalue weighted by atomic mass is 35.5. The zero-order valence-corrected chi connectivity index (χ0v) is 8.63. The van der Waals surface area contributed by atoms with Crippen LogP contribution in [0.15, 0.2) is 0 Å². The fourth-order valence-electron chi connectivity index (χ4n) is 1.44. The topological polar surface area (TPSA) is 36.3 Å². The van der Waals surface area contributed by atoms with Crippen molar-refractivity contribution in [2.45, 2.75) is 13.0 Å². The molecular weight excluding hydrogens is 188 g/mol. The highest BCUT2D eigenvalue weighted by molar-refractivity contribution is 6.18. The lowest BCUT2D eigenvalue weighted by molar-refractivity contribution is -0.00320. The number of rotatable bonds is 3. The summed E-state index contributed by atoms with van der Waals surface area (Å²) in [4.78, 5) is 2.24. The first kappa shape index (κ1) is 10.8. The van der Waals surface area contributed by atoms with E-state index in [-0.39, 0.29) is 6.10 Å². The fraction of sp³-hybridized carbons (Fsp3) is 0.889. The van der Waals surface area contributed by atoms with E-state index in [0.29, 0.717) is 18.4 Å². The van der Waals surface area contributed by atoms with Crippen molar-refractivity contribution in [3.05, 3.63) is 0 Å². The largest absolute Gasteiger partial charge is 0.361 e. The van der Waals surface area contributed by atoms with Gasteiger partial charge in [0.25, 0.3) is 0 Å². The van der Waals surface area contributed by atoms with Crippen molar-refractivity contribution in [3.63, 3.8) is 0 Å². The van der Waals surface area contributed by atoms with Gasteiger partial charge in [-0.3, -0.25) is 4.90 Å². The Bertz CT molecular complexity index is 193. The second-order valence-electron chi connectivity index (χ2n) is 3.51. The van der Waals surface area contributed by atoms with Crippen molar-refractivity contribution in [3.8, 4) is 6.07 Å². The molecule has 2 atom stereocenters. The Hall–Kier alpha value is -0.300. The van der Waals surface area contributed by atoms with Gasteiger partial charge < -0.3 is 4.74 Å². The summed E-state index contributed by atoms with van der Waals surface area (Å²) in [6.45, 7) is 5.37. The number of alkyl halides is 1. The summed E-state index contributed by atoms with van der Waals surface area (Å²) in [5.74, 6) is 1.16. The van der Waals surface area contributed by atoms with Crippen LogP contribution >= 0.6 is 11.6 Å². The molecule has 0 aromatic heterocycles. The molecule has 74 valence electrons. The van der Waals surface area contributed by atoms with Crippen molar-refractivity contribution < 1.29 is 4.74 Å². The van der Waals surface area contributed by atoms with Gasteiger partial charge in [0.05, 0.1) is 12.7 Å². The lowest BCUT2D eigenvalue weighted by Gasteiger charge is -2.31. The number of morpholine rings is 1. The summed E-state index contributed by atoms with van der Waals surface area (Å²) in [6.07, 6.45) is -0.253. The van der Waals surface area contributed by atoms with Crippen molar-refractivity contribution in [1.82, 2.24) is 4.90 Å². The molecule has 1 saturated heterocycles. The lowest BCUT2D eigenvalue weighted by Crippen LogP contribution is -2.43. The normalized spacial score (nSPS) is 26.7. The Kier molecular flexibility index (Phi) is 4.51. The van der Waals surface area contributed by atoms with Crippen LogP contribution in [-0.4, -0.2) is 43.1 Å². The summed E-state index contributed by atoms with van der Waals surface area (Å²) >= 11 is 5.72. The average molecular weight is 203 g/mol. The highest BCUT2D eigenvalue weighted by Gasteiger charge is 2.20. The maximum absolute atomic E-state index is 8.67. The first-order valence-electron chi connectivity index (χ1n) is 4.55. The number of nitriles is 1. The third-order valence-corrected chi connectivity index (χ3v) is 2.65. The third-order valence-electron chi connectivity index (χ3n) is 2.13. The molecule has 1 aliphatic rings. The van der Waals surface area contributed by atoms with Crippen LogP contribution < -0.4 is 0 Å². The first-order chi connectivity index (χ1) is 6.26. The third kappa shape index (κ3) is 3.51. The lowest BCUT2D eigenvalue weighted by atomic mass is 10.2. The Morgan fingerprint density at radius 1 is 1.77 bits per heavy atom. The quantitative estimate of drug-likeness (QED) is 0.643. The van der Waals surface area contributed by atoms with E-state index in [1.54, 1.807) is 0 Å². The van der Waals surface area contributed by atoms with Gasteiger partial charge >= 0.3 is 0 Å². The van der Waals surface area contributed by atoms with Crippen LogP contribution in [0.4, 0.5) is 0 Å². The summed E-state index contributed by atoms with van der Waals surface area (Å²) in [5, 5.41) is 8.67. The molecule has 0 radical (unpaired) electrons. The Balaban J connectivity index is 2.30. The maximum atomic E-state index is 8.67. The molecule has 0 aromatic rings. The molecule has 4 heteroatoms. The van der Waals surface area contributed by atoms with Crippen molar-refractivity contribution in [2.24, 2.45) is 5.92 Å². The van der Waals surface area contributed by atoms with E-state index >= 15 is 0 Å². The van der Waals surface area contributed by atoms with Crippen LogP contribution in [0.1, 0.15) is 6.92 Å². The van der Waals surface area contributed by atoms with E-state index in [1.165, 1.54) is 0 Å². The van der Waals surface area contributed by atoms with Gasteiger partial charge in [-0.25, -0.2) is 0 Å². The second-order valence-corrected chi connectivity index (χ2v) is 3.82. The molecule has 0 aromatic carbocycles. The maximum Gasteiger partial charge on any atom is 0.156 e. The van der Waals surface area contributed by atoms with Crippen LogP contribution in [0.3, 0.4) is 0 Å². The Labute approximate surface area is 84.2 Å². The first-order valence-corrected chi connectivity index (χ1v) is 5.09. The second kappa shape index (κ2) is 5.43.